The van der Waals surface area contributed by atoms with E-state index in [1.165, 1.54) is 24.3 Å². The van der Waals surface area contributed by atoms with Crippen molar-refractivity contribution in [2.24, 2.45) is 0 Å². The summed E-state index contributed by atoms with van der Waals surface area (Å²) in [5.41, 5.74) is 2.62. The molecule has 29 heavy (non-hydrogen) atoms. The van der Waals surface area contributed by atoms with E-state index in [0.717, 1.165) is 28.6 Å². The molecular weight excluding hydrogens is 396 g/mol. The van der Waals surface area contributed by atoms with Gasteiger partial charge in [-0.3, -0.25) is 14.9 Å². The van der Waals surface area contributed by atoms with E-state index in [1.54, 1.807) is 0 Å². The third kappa shape index (κ3) is 6.04. The van der Waals surface area contributed by atoms with E-state index in [0.29, 0.717) is 11.6 Å². The number of rotatable bonds is 8. The molecule has 150 valence electrons. The molecule has 3 aromatic rings. The minimum absolute atomic E-state index is 0.0428. The lowest BCUT2D eigenvalue weighted by Crippen LogP contribution is -2.13. The van der Waals surface area contributed by atoms with Crippen molar-refractivity contribution in [2.45, 2.75) is 25.7 Å². The highest BCUT2D eigenvalue weighted by atomic mass is 32.2. The monoisotopic (exact) mass is 414 g/mol. The number of nitro benzene ring substituents is 1. The number of hydrogen-bond acceptors (Lipinski definition) is 8. The quantitative estimate of drug-likeness (QED) is 0.335. The summed E-state index contributed by atoms with van der Waals surface area (Å²) in [6.07, 6.45) is 0. The molecule has 0 saturated heterocycles. The second-order valence-corrected chi connectivity index (χ2v) is 7.14. The highest BCUT2D eigenvalue weighted by Crippen LogP contribution is 2.20. The van der Waals surface area contributed by atoms with Gasteiger partial charge in [-0.25, -0.2) is 0 Å². The van der Waals surface area contributed by atoms with Crippen LogP contribution in [0.1, 0.15) is 17.0 Å². The standard InChI is InChI=1S/C19H18N4O5S/c1-12-7-13(2)9-16(8-12)27-10-18-21-22-19(28-18)29-11-17(24)20-14-3-5-15(6-4-14)23(25)26/h3-9H,10-11H2,1-2H3,(H,20,24). The van der Waals surface area contributed by atoms with Gasteiger partial charge < -0.3 is 14.5 Å². The van der Waals surface area contributed by atoms with Crippen molar-refractivity contribution in [1.29, 1.82) is 0 Å². The maximum absolute atomic E-state index is 12.0. The Labute approximate surface area is 170 Å². The normalized spacial score (nSPS) is 10.6. The van der Waals surface area contributed by atoms with E-state index in [2.05, 4.69) is 21.6 Å². The van der Waals surface area contributed by atoms with Gasteiger partial charge in [0, 0.05) is 17.8 Å². The van der Waals surface area contributed by atoms with Crippen molar-refractivity contribution < 1.29 is 18.9 Å². The summed E-state index contributed by atoms with van der Waals surface area (Å²) < 4.78 is 11.1. The highest BCUT2D eigenvalue weighted by molar-refractivity contribution is 7.99. The summed E-state index contributed by atoms with van der Waals surface area (Å²) in [5, 5.41) is 21.3. The molecule has 0 bridgehead atoms. The number of ether oxygens (including phenoxy) is 1. The first kappa shape index (κ1) is 20.3. The Bertz CT molecular complexity index is 999. The number of nitrogens with one attached hydrogen (secondary N) is 1. The summed E-state index contributed by atoms with van der Waals surface area (Å²) in [7, 11) is 0. The van der Waals surface area contributed by atoms with E-state index in [-0.39, 0.29) is 29.2 Å². The predicted octanol–water partition coefficient (Wildman–Crippen LogP) is 3.90. The number of thioether (sulfide) groups is 1. The van der Waals surface area contributed by atoms with Crippen molar-refractivity contribution in [3.63, 3.8) is 0 Å². The third-order valence-electron chi connectivity index (χ3n) is 3.69. The van der Waals surface area contributed by atoms with Crippen molar-refractivity contribution in [1.82, 2.24) is 10.2 Å². The van der Waals surface area contributed by atoms with Gasteiger partial charge in [-0.15, -0.1) is 10.2 Å². The average Bonchev–Trinajstić information content (AvgIpc) is 3.12. The lowest BCUT2D eigenvalue weighted by atomic mass is 10.1. The maximum atomic E-state index is 12.0. The first-order chi connectivity index (χ1) is 13.9. The predicted molar refractivity (Wildman–Crippen MR) is 107 cm³/mol. The summed E-state index contributed by atoms with van der Waals surface area (Å²) in [6.45, 7) is 4.11. The zero-order valence-corrected chi connectivity index (χ0v) is 16.6. The number of nitro groups is 1. The molecule has 3 rings (SSSR count). The van der Waals surface area contributed by atoms with Crippen LogP contribution in [0.2, 0.25) is 0 Å². The van der Waals surface area contributed by atoms with Crippen LogP contribution >= 0.6 is 11.8 Å². The molecule has 1 N–H and O–H groups in total. The number of carbonyl (C=O) groups is 1. The third-order valence-corrected chi connectivity index (χ3v) is 4.51. The average molecular weight is 414 g/mol. The minimum atomic E-state index is -0.502. The summed E-state index contributed by atoms with van der Waals surface area (Å²) >= 11 is 1.09. The molecule has 0 aliphatic carbocycles. The summed E-state index contributed by atoms with van der Waals surface area (Å²) in [6, 6.07) is 11.5. The van der Waals surface area contributed by atoms with Gasteiger partial charge in [0.1, 0.15) is 5.75 Å². The molecular formula is C19H18N4O5S. The molecule has 9 nitrogen and oxygen atoms in total. The number of carbonyl (C=O) groups excluding carboxylic acids is 1. The topological polar surface area (TPSA) is 120 Å². The van der Waals surface area contributed by atoms with Crippen LogP contribution in [0.5, 0.6) is 5.75 Å². The first-order valence-electron chi connectivity index (χ1n) is 8.59. The lowest BCUT2D eigenvalue weighted by Gasteiger charge is -2.05. The number of nitrogens with zero attached hydrogens (tertiary/aromatic N) is 3. The van der Waals surface area contributed by atoms with E-state index in [4.69, 9.17) is 9.15 Å². The Morgan fingerprint density at radius 3 is 2.52 bits per heavy atom. The van der Waals surface area contributed by atoms with E-state index >= 15 is 0 Å². The largest absolute Gasteiger partial charge is 0.484 e. The minimum Gasteiger partial charge on any atom is -0.484 e. The molecule has 0 atom stereocenters. The fourth-order valence-corrected chi connectivity index (χ4v) is 3.09. The van der Waals surface area contributed by atoms with Crippen molar-refractivity contribution >= 4 is 29.0 Å². The zero-order valence-electron chi connectivity index (χ0n) is 15.7. The van der Waals surface area contributed by atoms with Crippen molar-refractivity contribution in [3.05, 3.63) is 69.6 Å². The highest BCUT2D eigenvalue weighted by Gasteiger charge is 2.11. The molecule has 2 aromatic carbocycles. The smallest absolute Gasteiger partial charge is 0.277 e. The molecule has 0 saturated carbocycles. The molecule has 0 fully saturated rings. The van der Waals surface area contributed by atoms with Gasteiger partial charge in [-0.05, 0) is 49.2 Å². The molecule has 0 radical (unpaired) electrons. The Morgan fingerprint density at radius 2 is 1.86 bits per heavy atom. The number of non-ortho nitro benzene ring substituents is 1. The second-order valence-electron chi connectivity index (χ2n) is 6.21. The molecule has 0 aliphatic rings. The van der Waals surface area contributed by atoms with Gasteiger partial charge in [-0.2, -0.15) is 0 Å². The number of anilines is 1. The Balaban J connectivity index is 1.47. The maximum Gasteiger partial charge on any atom is 0.277 e. The van der Waals surface area contributed by atoms with Crippen LogP contribution in [-0.4, -0.2) is 26.8 Å². The fraction of sp³-hybridized carbons (Fsp3) is 0.211. The van der Waals surface area contributed by atoms with Crippen molar-refractivity contribution in [2.75, 3.05) is 11.1 Å². The molecule has 1 amide bonds. The molecule has 1 aromatic heterocycles. The van der Waals surface area contributed by atoms with E-state index in [9.17, 15) is 14.9 Å². The SMILES string of the molecule is Cc1cc(C)cc(OCc2nnc(SCC(=O)Nc3ccc([N+](=O)[O-])cc3)o2)c1. The number of aromatic nitrogens is 2. The molecule has 0 unspecified atom stereocenters. The van der Waals surface area contributed by atoms with Gasteiger partial charge in [0.25, 0.3) is 16.8 Å². The van der Waals surface area contributed by atoms with E-state index < -0.39 is 4.92 Å². The first-order valence-corrected chi connectivity index (χ1v) is 9.58. The van der Waals surface area contributed by atoms with Crippen LogP contribution in [-0.2, 0) is 11.4 Å². The fourth-order valence-electron chi connectivity index (χ4n) is 2.51. The van der Waals surface area contributed by atoms with Gasteiger partial charge in [0.15, 0.2) is 6.61 Å². The number of benzene rings is 2. The van der Waals surface area contributed by atoms with Crippen LogP contribution in [0, 0.1) is 24.0 Å². The summed E-state index contributed by atoms with van der Waals surface area (Å²) in [5.74, 6) is 0.784. The van der Waals surface area contributed by atoms with Crippen LogP contribution in [0.15, 0.2) is 52.1 Å². The number of hydrogen-bond donors (Lipinski definition) is 1. The zero-order chi connectivity index (χ0) is 20.8. The Morgan fingerprint density at radius 1 is 1.17 bits per heavy atom. The molecule has 0 spiro atoms. The van der Waals surface area contributed by atoms with Gasteiger partial charge in [0.05, 0.1) is 10.7 Å². The van der Waals surface area contributed by atoms with Crippen LogP contribution in [0.3, 0.4) is 0 Å². The molecule has 10 heteroatoms. The summed E-state index contributed by atoms with van der Waals surface area (Å²) in [4.78, 5) is 22.1. The van der Waals surface area contributed by atoms with Crippen LogP contribution in [0.4, 0.5) is 11.4 Å². The second kappa shape index (κ2) is 9.20. The van der Waals surface area contributed by atoms with Gasteiger partial charge in [-0.1, -0.05) is 17.8 Å². The lowest BCUT2D eigenvalue weighted by molar-refractivity contribution is -0.384. The van der Waals surface area contributed by atoms with Gasteiger partial charge >= 0.3 is 0 Å². The van der Waals surface area contributed by atoms with Gasteiger partial charge in [0.2, 0.25) is 5.91 Å². The molecule has 1 heterocycles. The van der Waals surface area contributed by atoms with Crippen LogP contribution in [0.25, 0.3) is 0 Å². The Hall–Kier alpha value is -3.40. The number of aryl methyl sites for hydroxylation is 2. The Kier molecular flexibility index (Phi) is 6.45. The molecule has 0 aliphatic heterocycles. The van der Waals surface area contributed by atoms with Crippen molar-refractivity contribution in [3.8, 4) is 5.75 Å². The van der Waals surface area contributed by atoms with Crippen LogP contribution < -0.4 is 10.1 Å². The number of amides is 1. The van der Waals surface area contributed by atoms with E-state index in [1.807, 2.05) is 26.0 Å².